The predicted molar refractivity (Wildman–Crippen MR) is 64.3 cm³/mol. The molecule has 0 aromatic heterocycles. The van der Waals surface area contributed by atoms with E-state index in [4.69, 9.17) is 5.73 Å². The smallest absolute Gasteiger partial charge is 0.368 e. The van der Waals surface area contributed by atoms with E-state index in [0.717, 1.165) is 12.8 Å². The molecule has 0 aromatic rings. The van der Waals surface area contributed by atoms with Crippen molar-refractivity contribution < 1.29 is 18.0 Å². The number of alkyl halides is 3. The molecule has 2 fully saturated rings. The maximum absolute atomic E-state index is 12.6. The van der Waals surface area contributed by atoms with Gasteiger partial charge < -0.3 is 16.0 Å². The summed E-state index contributed by atoms with van der Waals surface area (Å²) in [6, 6.07) is 0. The maximum atomic E-state index is 12.6. The van der Waals surface area contributed by atoms with Crippen LogP contribution in [0, 0.1) is 11.8 Å². The van der Waals surface area contributed by atoms with E-state index in [9.17, 15) is 18.0 Å². The van der Waals surface area contributed by atoms with Crippen molar-refractivity contribution in [3.8, 4) is 0 Å². The number of nitrogens with one attached hydrogen (secondary N) is 1. The average Bonchev–Trinajstić information content (AvgIpc) is 3.04. The molecule has 1 amide bonds. The van der Waals surface area contributed by atoms with E-state index in [1.54, 1.807) is 11.9 Å². The number of likely N-dealkylation sites (N-methyl/N-ethyl adjacent to an activating group) is 1. The number of amides is 1. The number of carbonyl (C=O) groups is 1. The van der Waals surface area contributed by atoms with Crippen LogP contribution in [0.3, 0.4) is 0 Å². The van der Waals surface area contributed by atoms with Crippen molar-refractivity contribution in [2.45, 2.75) is 31.0 Å². The zero-order valence-corrected chi connectivity index (χ0v) is 11.0. The van der Waals surface area contributed by atoms with Crippen LogP contribution in [0.4, 0.5) is 13.2 Å². The molecule has 7 heteroatoms. The van der Waals surface area contributed by atoms with E-state index in [-0.39, 0.29) is 25.4 Å². The Balaban J connectivity index is 2.02. The molecule has 2 rings (SSSR count). The van der Waals surface area contributed by atoms with Gasteiger partial charge in [0.15, 0.2) is 0 Å². The Labute approximate surface area is 110 Å². The zero-order valence-electron chi connectivity index (χ0n) is 11.0. The highest BCUT2D eigenvalue weighted by Crippen LogP contribution is 2.41. The second-order valence-corrected chi connectivity index (χ2v) is 5.62. The molecule has 19 heavy (non-hydrogen) atoms. The van der Waals surface area contributed by atoms with Gasteiger partial charge in [0.05, 0.1) is 5.92 Å². The zero-order chi connectivity index (χ0) is 14.3. The minimum absolute atomic E-state index is 0.0348. The Bertz CT molecular complexity index is 357. The van der Waals surface area contributed by atoms with Crippen molar-refractivity contribution in [2.75, 3.05) is 26.7 Å². The highest BCUT2D eigenvalue weighted by atomic mass is 19.4. The number of likely N-dealkylation sites (tertiary alicyclic amines) is 1. The van der Waals surface area contributed by atoms with Gasteiger partial charge in [-0.3, -0.25) is 4.79 Å². The molecule has 0 radical (unpaired) electrons. The van der Waals surface area contributed by atoms with Crippen LogP contribution < -0.4 is 11.1 Å². The lowest BCUT2D eigenvalue weighted by Crippen LogP contribution is -2.62. The molecule has 1 aliphatic heterocycles. The molecule has 1 saturated heterocycles. The van der Waals surface area contributed by atoms with Crippen molar-refractivity contribution in [1.29, 1.82) is 0 Å². The molecular weight excluding hydrogens is 259 g/mol. The first-order valence-electron chi connectivity index (χ1n) is 6.57. The summed E-state index contributed by atoms with van der Waals surface area (Å²) >= 11 is 0. The molecule has 1 heterocycles. The van der Waals surface area contributed by atoms with Crippen LogP contribution in [0.1, 0.15) is 19.3 Å². The summed E-state index contributed by atoms with van der Waals surface area (Å²) in [6.45, 7) is 0.608. The van der Waals surface area contributed by atoms with Gasteiger partial charge in [-0.2, -0.15) is 13.2 Å². The molecule has 0 aromatic carbocycles. The van der Waals surface area contributed by atoms with Crippen molar-refractivity contribution >= 4 is 5.91 Å². The number of nitrogens with zero attached hydrogens (tertiary/aromatic N) is 1. The summed E-state index contributed by atoms with van der Waals surface area (Å²) in [6.07, 6.45) is -2.24. The fourth-order valence-corrected chi connectivity index (χ4v) is 2.99. The van der Waals surface area contributed by atoms with Crippen molar-refractivity contribution in [2.24, 2.45) is 17.6 Å². The summed E-state index contributed by atoms with van der Waals surface area (Å²) < 4.78 is 37.9. The summed E-state index contributed by atoms with van der Waals surface area (Å²) in [4.78, 5) is 13.4. The number of primary amides is 1. The number of rotatable bonds is 5. The van der Waals surface area contributed by atoms with Crippen LogP contribution >= 0.6 is 0 Å². The van der Waals surface area contributed by atoms with Gasteiger partial charge in [-0.15, -0.1) is 0 Å². The van der Waals surface area contributed by atoms with E-state index in [0.29, 0.717) is 6.54 Å². The van der Waals surface area contributed by atoms with Crippen LogP contribution in [-0.2, 0) is 4.79 Å². The standard InChI is InChI=1S/C12H20F3N3O/c1-17-11(10(16)19,8-2-3-8)7-18-5-4-9(6-18)12(13,14)15/h8-9,17H,2-7H2,1H3,(H2,16,19). The fraction of sp³-hybridized carbons (Fsp3) is 0.917. The Morgan fingerprint density at radius 1 is 1.32 bits per heavy atom. The minimum atomic E-state index is -4.15. The van der Waals surface area contributed by atoms with E-state index in [1.807, 2.05) is 0 Å². The Morgan fingerprint density at radius 2 is 1.95 bits per heavy atom. The summed E-state index contributed by atoms with van der Waals surface area (Å²) in [5.74, 6) is -1.60. The predicted octanol–water partition coefficient (Wildman–Crippen LogP) is 0.724. The summed E-state index contributed by atoms with van der Waals surface area (Å²) in [5.41, 5.74) is 4.60. The fourth-order valence-electron chi connectivity index (χ4n) is 2.99. The highest BCUT2D eigenvalue weighted by molar-refractivity contribution is 5.86. The maximum Gasteiger partial charge on any atom is 0.393 e. The average molecular weight is 279 g/mol. The summed E-state index contributed by atoms with van der Waals surface area (Å²) in [7, 11) is 1.65. The lowest BCUT2D eigenvalue weighted by atomic mass is 9.91. The lowest BCUT2D eigenvalue weighted by Gasteiger charge is -2.34. The van der Waals surface area contributed by atoms with Gasteiger partial charge in [0, 0.05) is 13.1 Å². The van der Waals surface area contributed by atoms with Crippen molar-refractivity contribution in [3.05, 3.63) is 0 Å². The van der Waals surface area contributed by atoms with Crippen molar-refractivity contribution in [1.82, 2.24) is 10.2 Å². The molecule has 2 unspecified atom stereocenters. The van der Waals surface area contributed by atoms with Gasteiger partial charge in [-0.25, -0.2) is 0 Å². The number of carbonyl (C=O) groups excluding carboxylic acids is 1. The summed E-state index contributed by atoms with van der Waals surface area (Å²) in [5, 5.41) is 2.96. The van der Waals surface area contributed by atoms with Crippen molar-refractivity contribution in [3.63, 3.8) is 0 Å². The molecule has 3 N–H and O–H groups in total. The molecule has 2 aliphatic rings. The molecular formula is C12H20F3N3O. The van der Waals surface area contributed by atoms with Crippen LogP contribution in [0.25, 0.3) is 0 Å². The second-order valence-electron chi connectivity index (χ2n) is 5.62. The third kappa shape index (κ3) is 2.86. The van der Waals surface area contributed by atoms with E-state index in [1.165, 1.54) is 0 Å². The number of halogens is 3. The molecule has 1 saturated carbocycles. The van der Waals surface area contributed by atoms with Gasteiger partial charge >= 0.3 is 6.18 Å². The van der Waals surface area contributed by atoms with Gasteiger partial charge in [0.1, 0.15) is 5.54 Å². The lowest BCUT2D eigenvalue weighted by molar-refractivity contribution is -0.170. The molecule has 0 bridgehead atoms. The first-order valence-corrected chi connectivity index (χ1v) is 6.57. The quantitative estimate of drug-likeness (QED) is 0.780. The minimum Gasteiger partial charge on any atom is -0.368 e. The van der Waals surface area contributed by atoms with E-state index < -0.39 is 23.5 Å². The van der Waals surface area contributed by atoms with E-state index >= 15 is 0 Å². The monoisotopic (exact) mass is 279 g/mol. The molecule has 0 spiro atoms. The molecule has 2 atom stereocenters. The van der Waals surface area contributed by atoms with Crippen LogP contribution in [-0.4, -0.2) is 49.2 Å². The largest absolute Gasteiger partial charge is 0.393 e. The van der Waals surface area contributed by atoms with Crippen LogP contribution in [0.2, 0.25) is 0 Å². The molecule has 4 nitrogen and oxygen atoms in total. The Morgan fingerprint density at radius 3 is 2.32 bits per heavy atom. The van der Waals surface area contributed by atoms with Gasteiger partial charge in [-0.1, -0.05) is 0 Å². The van der Waals surface area contributed by atoms with Crippen LogP contribution in [0.5, 0.6) is 0 Å². The normalized spacial score (nSPS) is 28.3. The second kappa shape index (κ2) is 4.94. The SMILES string of the molecule is CNC(CN1CCC(C(F)(F)F)C1)(C(N)=O)C1CC1. The van der Waals surface area contributed by atoms with Crippen LogP contribution in [0.15, 0.2) is 0 Å². The number of hydrogen-bond acceptors (Lipinski definition) is 3. The highest BCUT2D eigenvalue weighted by Gasteiger charge is 2.51. The van der Waals surface area contributed by atoms with Gasteiger partial charge in [0.2, 0.25) is 5.91 Å². The molecule has 110 valence electrons. The molecule has 1 aliphatic carbocycles. The first-order chi connectivity index (χ1) is 8.79. The number of hydrogen-bond donors (Lipinski definition) is 2. The van der Waals surface area contributed by atoms with Gasteiger partial charge in [-0.05, 0) is 38.8 Å². The Kier molecular flexibility index (Phi) is 3.79. The van der Waals surface area contributed by atoms with Gasteiger partial charge in [0.25, 0.3) is 0 Å². The third-order valence-corrected chi connectivity index (χ3v) is 4.37. The topological polar surface area (TPSA) is 58.4 Å². The third-order valence-electron chi connectivity index (χ3n) is 4.37. The van der Waals surface area contributed by atoms with E-state index in [2.05, 4.69) is 5.32 Å². The Hall–Kier alpha value is -0.820. The number of nitrogens with two attached hydrogens (primary N) is 1. The first kappa shape index (κ1) is 14.6.